The maximum absolute atomic E-state index is 13.2. The van der Waals surface area contributed by atoms with Crippen LogP contribution in [0.5, 0.6) is 0 Å². The van der Waals surface area contributed by atoms with E-state index >= 15 is 0 Å². The number of unbranched alkanes of at least 4 members (excludes halogenated alkanes) is 1. The van der Waals surface area contributed by atoms with Gasteiger partial charge >= 0.3 is 18.0 Å². The van der Waals surface area contributed by atoms with Crippen LogP contribution in [0.15, 0.2) is 85.1 Å². The number of pyridine rings is 1. The smallest absolute Gasteiger partial charge is 0.440 e. The second-order valence-electron chi connectivity index (χ2n) is 13.6. The Bertz CT molecular complexity index is 1690. The van der Waals surface area contributed by atoms with Gasteiger partial charge in [-0.25, -0.2) is 14.6 Å². The van der Waals surface area contributed by atoms with Crippen molar-refractivity contribution in [2.75, 3.05) is 10.4 Å². The third kappa shape index (κ3) is 10.8. The number of nitrogens with zero attached hydrogens (tertiary/aromatic N) is 2. The number of fused-ring (bicyclic) bond motifs is 1. The summed E-state index contributed by atoms with van der Waals surface area (Å²) in [5.74, 6) is -0.982. The minimum absolute atomic E-state index is 0.218. The minimum Gasteiger partial charge on any atom is -0.479 e. The molecule has 48 heavy (non-hydrogen) atoms. The number of anilines is 2. The number of amides is 1. The highest BCUT2D eigenvalue weighted by atomic mass is 16.7. The zero-order valence-corrected chi connectivity index (χ0v) is 28.5. The molecule has 2 N–H and O–H groups in total. The number of aliphatic carboxylic acids is 1. The molecule has 254 valence electrons. The molecule has 0 saturated carbocycles. The summed E-state index contributed by atoms with van der Waals surface area (Å²) in [6, 6.07) is 23.1. The number of benzene rings is 3. The van der Waals surface area contributed by atoms with Crippen molar-refractivity contribution in [2.24, 2.45) is 0 Å². The number of carboxylic acid groups (broad SMARTS) is 1. The van der Waals surface area contributed by atoms with Crippen molar-refractivity contribution >= 4 is 40.3 Å². The summed E-state index contributed by atoms with van der Waals surface area (Å²) < 4.78 is 10.9. The summed E-state index contributed by atoms with van der Waals surface area (Å²) in [4.78, 5) is 48.0. The van der Waals surface area contributed by atoms with Gasteiger partial charge in [0.15, 0.2) is 11.9 Å². The van der Waals surface area contributed by atoms with E-state index in [1.807, 2.05) is 63.2 Å². The minimum atomic E-state index is -1.03. The lowest BCUT2D eigenvalue weighted by molar-refractivity contribution is -0.145. The van der Waals surface area contributed by atoms with Gasteiger partial charge in [-0.2, -0.15) is 0 Å². The Morgan fingerprint density at radius 1 is 0.854 bits per heavy atom. The summed E-state index contributed by atoms with van der Waals surface area (Å²) in [6.07, 6.45) is 3.48. The van der Waals surface area contributed by atoms with Gasteiger partial charge in [0.05, 0.1) is 5.60 Å². The van der Waals surface area contributed by atoms with Crippen molar-refractivity contribution in [3.05, 3.63) is 102 Å². The molecule has 0 radical (unpaired) electrons. The quantitative estimate of drug-likeness (QED) is 0.0829. The van der Waals surface area contributed by atoms with Gasteiger partial charge in [0, 0.05) is 23.7 Å². The normalized spacial score (nSPS) is 12.3. The maximum atomic E-state index is 13.2. The van der Waals surface area contributed by atoms with Crippen molar-refractivity contribution in [3.8, 4) is 0 Å². The van der Waals surface area contributed by atoms with Crippen LogP contribution in [0.2, 0.25) is 0 Å². The number of nitrogens with one attached hydrogen (secondary N) is 1. The van der Waals surface area contributed by atoms with Gasteiger partial charge in [-0.15, -0.1) is 5.06 Å². The molecule has 10 heteroatoms. The van der Waals surface area contributed by atoms with E-state index in [9.17, 15) is 19.5 Å². The molecular formula is C38H45N3O7. The van der Waals surface area contributed by atoms with E-state index in [1.54, 1.807) is 63.4 Å². The highest BCUT2D eigenvalue weighted by Crippen LogP contribution is 2.31. The summed E-state index contributed by atoms with van der Waals surface area (Å²) in [5, 5.41) is 15.6. The predicted octanol–water partition coefficient (Wildman–Crippen LogP) is 8.40. The molecule has 1 amide bonds. The Hall–Kier alpha value is -4.96. The van der Waals surface area contributed by atoms with Gasteiger partial charge in [-0.3, -0.25) is 9.63 Å². The van der Waals surface area contributed by atoms with Crippen LogP contribution in [0, 0.1) is 0 Å². The Balaban J connectivity index is 1.40. The fraction of sp³-hybridized carbons (Fsp3) is 0.368. The number of rotatable bonds is 13. The number of carbonyl (C=O) groups is 3. The first kappa shape index (κ1) is 35.9. The van der Waals surface area contributed by atoms with Crippen LogP contribution in [0.4, 0.5) is 16.3 Å². The average Bonchev–Trinajstić information content (AvgIpc) is 3.02. The number of hydrogen-bond donors (Lipinski definition) is 2. The lowest BCUT2D eigenvalue weighted by atomic mass is 10.0. The number of hydroxylamine groups is 1. The lowest BCUT2D eigenvalue weighted by Gasteiger charge is -2.31. The van der Waals surface area contributed by atoms with Crippen molar-refractivity contribution in [1.82, 2.24) is 4.98 Å². The van der Waals surface area contributed by atoms with Gasteiger partial charge < -0.3 is 19.9 Å². The summed E-state index contributed by atoms with van der Waals surface area (Å²) in [5.41, 5.74) is 1.72. The van der Waals surface area contributed by atoms with Crippen molar-refractivity contribution in [2.45, 2.75) is 91.1 Å². The Labute approximate surface area is 282 Å². The molecule has 3 aromatic carbocycles. The van der Waals surface area contributed by atoms with E-state index in [-0.39, 0.29) is 18.4 Å². The summed E-state index contributed by atoms with van der Waals surface area (Å²) in [6.45, 7) is 11.1. The van der Waals surface area contributed by atoms with Crippen LogP contribution in [0.1, 0.15) is 83.5 Å². The number of ether oxygens (including phenoxy) is 2. The fourth-order valence-corrected chi connectivity index (χ4v) is 4.90. The molecule has 4 aromatic rings. The highest BCUT2D eigenvalue weighted by molar-refractivity contribution is 6.00. The number of hydrogen-bond acceptors (Lipinski definition) is 8. The third-order valence-electron chi connectivity index (χ3n) is 7.07. The largest absolute Gasteiger partial charge is 0.479 e. The third-order valence-corrected chi connectivity index (χ3v) is 7.07. The van der Waals surface area contributed by atoms with E-state index in [0.29, 0.717) is 29.5 Å². The highest BCUT2D eigenvalue weighted by Gasteiger charge is 2.31. The fourth-order valence-electron chi connectivity index (χ4n) is 4.90. The van der Waals surface area contributed by atoms with Gasteiger partial charge in [0.2, 0.25) is 0 Å². The SMILES string of the molecule is CC(C)(C)OC(=O)N(OC(C)(C)C)c1nccc2cc(NC(C(=O)O)c3ccc(CCCCC(=O)OCc4ccccc4)cc3)ccc12. The zero-order chi connectivity index (χ0) is 34.9. The Morgan fingerprint density at radius 3 is 2.21 bits per heavy atom. The lowest BCUT2D eigenvalue weighted by Crippen LogP contribution is -2.42. The van der Waals surface area contributed by atoms with Crippen LogP contribution in [-0.2, 0) is 36.9 Å². The first-order chi connectivity index (χ1) is 22.7. The van der Waals surface area contributed by atoms with Crippen LogP contribution < -0.4 is 10.4 Å². The van der Waals surface area contributed by atoms with E-state index in [2.05, 4.69) is 10.3 Å². The van der Waals surface area contributed by atoms with Gasteiger partial charge in [0.25, 0.3) is 0 Å². The molecule has 0 saturated heterocycles. The molecule has 0 bridgehead atoms. The molecule has 1 heterocycles. The molecule has 4 rings (SSSR count). The van der Waals surface area contributed by atoms with E-state index in [4.69, 9.17) is 14.3 Å². The molecule has 0 spiro atoms. The van der Waals surface area contributed by atoms with Gasteiger partial charge in [-0.05, 0) is 107 Å². The number of aryl methyl sites for hydroxylation is 1. The van der Waals surface area contributed by atoms with Crippen LogP contribution in [0.25, 0.3) is 10.8 Å². The maximum Gasteiger partial charge on any atom is 0.440 e. The summed E-state index contributed by atoms with van der Waals surface area (Å²) >= 11 is 0. The Morgan fingerprint density at radius 2 is 1.56 bits per heavy atom. The van der Waals surface area contributed by atoms with Crippen molar-refractivity contribution in [3.63, 3.8) is 0 Å². The monoisotopic (exact) mass is 655 g/mol. The molecule has 0 fully saturated rings. The summed E-state index contributed by atoms with van der Waals surface area (Å²) in [7, 11) is 0. The Kier molecular flexibility index (Phi) is 11.8. The van der Waals surface area contributed by atoms with Crippen LogP contribution >= 0.6 is 0 Å². The number of carbonyl (C=O) groups excluding carboxylic acids is 2. The first-order valence-corrected chi connectivity index (χ1v) is 16.1. The molecule has 1 unspecified atom stereocenters. The molecule has 0 aliphatic rings. The van der Waals surface area contributed by atoms with Crippen molar-refractivity contribution < 1.29 is 33.8 Å². The van der Waals surface area contributed by atoms with E-state index in [0.717, 1.165) is 34.4 Å². The number of carboxylic acids is 1. The molecule has 0 aliphatic heterocycles. The van der Waals surface area contributed by atoms with Gasteiger partial charge in [-0.1, -0.05) is 54.6 Å². The van der Waals surface area contributed by atoms with E-state index < -0.39 is 29.3 Å². The van der Waals surface area contributed by atoms with E-state index in [1.165, 1.54) is 0 Å². The molecule has 10 nitrogen and oxygen atoms in total. The molecule has 0 aliphatic carbocycles. The molecule has 1 aromatic heterocycles. The van der Waals surface area contributed by atoms with Crippen LogP contribution in [0.3, 0.4) is 0 Å². The number of esters is 1. The molecular weight excluding hydrogens is 610 g/mol. The average molecular weight is 656 g/mol. The molecule has 1 atom stereocenters. The van der Waals surface area contributed by atoms with Crippen molar-refractivity contribution in [1.29, 1.82) is 0 Å². The predicted molar refractivity (Wildman–Crippen MR) is 186 cm³/mol. The second kappa shape index (κ2) is 15.8. The van der Waals surface area contributed by atoms with Gasteiger partial charge in [0.1, 0.15) is 12.2 Å². The topological polar surface area (TPSA) is 127 Å². The van der Waals surface area contributed by atoms with Crippen LogP contribution in [-0.4, -0.2) is 39.3 Å². The standard InChI is InChI=1S/C38H45N3O7/c1-37(2,3)47-36(45)41(48-38(4,5)6)34-31-21-20-30(24-29(31)22-23-39-34)40-33(35(43)44)28-18-16-26(17-19-28)12-10-11-15-32(42)46-25-27-13-8-7-9-14-27/h7-9,13-14,16-24,33,40H,10-12,15,25H2,1-6H3,(H,43,44). The second-order valence-corrected chi connectivity index (χ2v) is 13.6. The first-order valence-electron chi connectivity index (χ1n) is 16.1. The zero-order valence-electron chi connectivity index (χ0n) is 28.5. The number of aromatic nitrogens is 1.